The zero-order valence-electron chi connectivity index (χ0n) is 28.5. The molecular formula is C38H49N5O4. The standard InChI is InChI=1S/C34H38N4O4.C4H11N/c1-36-18-6-7-19-38-32-25(14-9-15-27(32)31-28(22-41-3)35-37(2)29(31)21-36)26(33(38)34(39)40)16-10-20-42-30-17-8-12-23-11-4-5-13-24(23)30;1-3-5-4-2/h4-5,8-9,11-15,17H,6-7,10,16,18-22H2,1-3H3,(H,39,40);5H,3-4H2,1-2H3. The lowest BCUT2D eigenvalue weighted by atomic mass is 9.98. The highest BCUT2D eigenvalue weighted by Gasteiger charge is 2.28. The molecule has 0 saturated heterocycles. The van der Waals surface area contributed by atoms with Crippen LogP contribution in [0.3, 0.4) is 0 Å². The van der Waals surface area contributed by atoms with Gasteiger partial charge < -0.3 is 29.4 Å². The van der Waals surface area contributed by atoms with Crippen molar-refractivity contribution < 1.29 is 19.4 Å². The number of methoxy groups -OCH3 is 1. The molecule has 9 nitrogen and oxygen atoms in total. The lowest BCUT2D eigenvalue weighted by Gasteiger charge is -2.17. The van der Waals surface area contributed by atoms with E-state index in [0.717, 1.165) is 94.5 Å². The molecule has 0 saturated carbocycles. The van der Waals surface area contributed by atoms with Gasteiger partial charge in [-0.25, -0.2) is 4.79 Å². The molecule has 0 bridgehead atoms. The molecule has 2 N–H and O–H groups in total. The summed E-state index contributed by atoms with van der Waals surface area (Å²) in [5.74, 6) is -0.0388. The number of hydrogen-bond acceptors (Lipinski definition) is 6. The molecule has 0 atom stereocenters. The van der Waals surface area contributed by atoms with E-state index in [1.807, 2.05) is 46.6 Å². The Balaban J connectivity index is 0.000000807. The third-order valence-electron chi connectivity index (χ3n) is 8.85. The molecule has 47 heavy (non-hydrogen) atoms. The monoisotopic (exact) mass is 639 g/mol. The van der Waals surface area contributed by atoms with E-state index in [1.165, 1.54) is 0 Å². The molecule has 3 aromatic carbocycles. The first kappa shape index (κ1) is 34.2. The summed E-state index contributed by atoms with van der Waals surface area (Å²) in [5.41, 5.74) is 6.25. The van der Waals surface area contributed by atoms with Crippen molar-refractivity contribution >= 4 is 27.6 Å². The molecule has 250 valence electrons. The van der Waals surface area contributed by atoms with Crippen LogP contribution in [0.25, 0.3) is 32.8 Å². The normalized spacial score (nSPS) is 13.6. The molecule has 0 unspecified atom stereocenters. The van der Waals surface area contributed by atoms with Gasteiger partial charge >= 0.3 is 5.97 Å². The van der Waals surface area contributed by atoms with Gasteiger partial charge in [0.25, 0.3) is 0 Å². The Hall–Kier alpha value is -4.18. The van der Waals surface area contributed by atoms with Gasteiger partial charge in [-0.1, -0.05) is 68.4 Å². The first-order valence-electron chi connectivity index (χ1n) is 16.8. The quantitative estimate of drug-likeness (QED) is 0.161. The molecule has 0 fully saturated rings. The summed E-state index contributed by atoms with van der Waals surface area (Å²) in [6, 6.07) is 20.5. The number of rotatable bonds is 10. The average Bonchev–Trinajstić information content (AvgIpc) is 3.54. The minimum absolute atomic E-state index is 0.383. The lowest BCUT2D eigenvalue weighted by Crippen LogP contribution is -2.21. The van der Waals surface area contributed by atoms with Crippen LogP contribution < -0.4 is 10.1 Å². The van der Waals surface area contributed by atoms with E-state index in [-0.39, 0.29) is 0 Å². The molecule has 1 aliphatic heterocycles. The van der Waals surface area contributed by atoms with Crippen molar-refractivity contribution in [3.8, 4) is 16.9 Å². The fraction of sp³-hybridized carbons (Fsp3) is 0.421. The van der Waals surface area contributed by atoms with Gasteiger partial charge in [-0.05, 0) is 69.4 Å². The van der Waals surface area contributed by atoms with Crippen molar-refractivity contribution in [1.29, 1.82) is 0 Å². The summed E-state index contributed by atoms with van der Waals surface area (Å²) in [6.07, 6.45) is 3.17. The molecule has 0 amide bonds. The molecule has 0 radical (unpaired) electrons. The maximum absolute atomic E-state index is 12.9. The van der Waals surface area contributed by atoms with Crippen molar-refractivity contribution in [3.63, 3.8) is 0 Å². The van der Waals surface area contributed by atoms with E-state index in [4.69, 9.17) is 14.6 Å². The van der Waals surface area contributed by atoms with E-state index < -0.39 is 5.97 Å². The molecular weight excluding hydrogens is 590 g/mol. The van der Waals surface area contributed by atoms with Crippen LogP contribution in [0.2, 0.25) is 0 Å². The van der Waals surface area contributed by atoms with Crippen LogP contribution in [0, 0.1) is 0 Å². The minimum Gasteiger partial charge on any atom is -0.493 e. The van der Waals surface area contributed by atoms with Crippen molar-refractivity contribution in [1.82, 2.24) is 24.6 Å². The summed E-state index contributed by atoms with van der Waals surface area (Å²) in [6.45, 7) is 9.59. The highest BCUT2D eigenvalue weighted by molar-refractivity contribution is 6.04. The Morgan fingerprint density at radius 2 is 1.68 bits per heavy atom. The largest absolute Gasteiger partial charge is 0.493 e. The number of aromatic carboxylic acids is 1. The number of carboxylic acids is 1. The number of nitrogens with one attached hydrogen (secondary N) is 1. The average molecular weight is 640 g/mol. The fourth-order valence-electron chi connectivity index (χ4n) is 6.74. The van der Waals surface area contributed by atoms with Gasteiger partial charge in [-0.3, -0.25) is 4.68 Å². The topological polar surface area (TPSA) is 93.8 Å². The van der Waals surface area contributed by atoms with Gasteiger partial charge in [0.1, 0.15) is 11.4 Å². The zero-order valence-corrected chi connectivity index (χ0v) is 28.5. The number of aryl methyl sites for hydroxylation is 3. The highest BCUT2D eigenvalue weighted by atomic mass is 16.5. The van der Waals surface area contributed by atoms with Crippen LogP contribution in [0.5, 0.6) is 5.75 Å². The maximum Gasteiger partial charge on any atom is 0.352 e. The number of fused-ring (bicyclic) bond motifs is 3. The number of aromatic nitrogens is 3. The van der Waals surface area contributed by atoms with Gasteiger partial charge in [0.2, 0.25) is 0 Å². The number of hydrogen-bond donors (Lipinski definition) is 2. The zero-order chi connectivity index (χ0) is 33.3. The van der Waals surface area contributed by atoms with Gasteiger partial charge in [0, 0.05) is 49.1 Å². The first-order chi connectivity index (χ1) is 22.9. The number of para-hydroxylation sites is 1. The SMILES string of the molecule is CCNCC.COCc1nn(C)c2c1-c1cccc3c(CCCOc4cccc5ccccc45)c(C(=O)O)n(c13)CCCCN(C)C2. The van der Waals surface area contributed by atoms with Crippen molar-refractivity contribution in [3.05, 3.63) is 83.3 Å². The summed E-state index contributed by atoms with van der Waals surface area (Å²) < 4.78 is 15.8. The van der Waals surface area contributed by atoms with E-state index in [2.05, 4.69) is 61.4 Å². The Morgan fingerprint density at radius 3 is 2.43 bits per heavy atom. The van der Waals surface area contributed by atoms with Gasteiger partial charge in [-0.15, -0.1) is 0 Å². The molecule has 5 aromatic rings. The van der Waals surface area contributed by atoms with Crippen LogP contribution in [0.1, 0.15) is 60.5 Å². The molecule has 3 heterocycles. The number of carbonyl (C=O) groups is 1. The van der Waals surface area contributed by atoms with Crippen LogP contribution >= 0.6 is 0 Å². The second kappa shape index (κ2) is 16.1. The minimum atomic E-state index is -0.891. The third-order valence-corrected chi connectivity index (χ3v) is 8.85. The summed E-state index contributed by atoms with van der Waals surface area (Å²) in [4.78, 5) is 15.2. The van der Waals surface area contributed by atoms with Gasteiger partial charge in [0.15, 0.2) is 0 Å². The number of carboxylic acid groups (broad SMARTS) is 1. The Morgan fingerprint density at radius 1 is 0.957 bits per heavy atom. The van der Waals surface area contributed by atoms with Crippen LogP contribution in [0.4, 0.5) is 0 Å². The highest BCUT2D eigenvalue weighted by Crippen LogP contribution is 2.39. The summed E-state index contributed by atoms with van der Waals surface area (Å²) >= 11 is 0. The Kier molecular flexibility index (Phi) is 11.7. The molecule has 0 aliphatic carbocycles. The summed E-state index contributed by atoms with van der Waals surface area (Å²) in [5, 5.41) is 21.7. The van der Waals surface area contributed by atoms with Crippen LogP contribution in [-0.2, 0) is 37.9 Å². The lowest BCUT2D eigenvalue weighted by molar-refractivity contribution is 0.0684. The van der Waals surface area contributed by atoms with Crippen LogP contribution in [-0.4, -0.2) is 70.7 Å². The Bertz CT molecular complexity index is 1800. The van der Waals surface area contributed by atoms with E-state index in [9.17, 15) is 9.90 Å². The second-order valence-corrected chi connectivity index (χ2v) is 12.1. The molecule has 0 spiro atoms. The number of ether oxygens (including phenoxy) is 2. The maximum atomic E-state index is 12.9. The van der Waals surface area contributed by atoms with Crippen molar-refractivity contribution in [2.75, 3.05) is 40.4 Å². The van der Waals surface area contributed by atoms with Gasteiger partial charge in [-0.2, -0.15) is 5.10 Å². The predicted molar refractivity (Wildman–Crippen MR) is 189 cm³/mol. The first-order valence-corrected chi connectivity index (χ1v) is 16.8. The predicted octanol–water partition coefficient (Wildman–Crippen LogP) is 6.89. The number of nitrogens with zero attached hydrogens (tertiary/aromatic N) is 4. The van der Waals surface area contributed by atoms with Gasteiger partial charge in [0.05, 0.1) is 30.1 Å². The van der Waals surface area contributed by atoms with Crippen molar-refractivity contribution in [2.24, 2.45) is 7.05 Å². The smallest absolute Gasteiger partial charge is 0.352 e. The van der Waals surface area contributed by atoms with E-state index in [0.29, 0.717) is 38.3 Å². The van der Waals surface area contributed by atoms with E-state index in [1.54, 1.807) is 7.11 Å². The molecule has 6 rings (SSSR count). The fourth-order valence-corrected chi connectivity index (χ4v) is 6.74. The second-order valence-electron chi connectivity index (χ2n) is 12.1. The molecule has 2 aromatic heterocycles. The summed E-state index contributed by atoms with van der Waals surface area (Å²) in [7, 11) is 5.80. The number of benzene rings is 3. The van der Waals surface area contributed by atoms with Crippen molar-refractivity contribution in [2.45, 2.75) is 59.2 Å². The molecule has 9 heteroatoms. The van der Waals surface area contributed by atoms with Crippen LogP contribution in [0.15, 0.2) is 60.7 Å². The third kappa shape index (κ3) is 7.53. The molecule has 1 aliphatic rings. The Labute approximate surface area is 278 Å². The van der Waals surface area contributed by atoms with E-state index >= 15 is 0 Å².